The van der Waals surface area contributed by atoms with Crippen LogP contribution >= 0.6 is 0 Å². The van der Waals surface area contributed by atoms with Crippen LogP contribution in [0.15, 0.2) is 43.1 Å². The van der Waals surface area contributed by atoms with E-state index < -0.39 is 0 Å². The van der Waals surface area contributed by atoms with Crippen molar-refractivity contribution in [2.75, 3.05) is 19.0 Å². The lowest BCUT2D eigenvalue weighted by atomic mass is 10.1. The van der Waals surface area contributed by atoms with E-state index >= 15 is 0 Å². The quantitative estimate of drug-likeness (QED) is 0.765. The van der Waals surface area contributed by atoms with Gasteiger partial charge in [-0.25, -0.2) is 0 Å². The Morgan fingerprint density at radius 1 is 1.43 bits per heavy atom. The predicted octanol–water partition coefficient (Wildman–Crippen LogP) is 2.16. The average molecular weight is 287 g/mol. The number of H-pyrrole nitrogens is 1. The summed E-state index contributed by atoms with van der Waals surface area (Å²) in [6.45, 7) is 3.58. The Labute approximate surface area is 122 Å². The van der Waals surface area contributed by atoms with Gasteiger partial charge in [0.25, 0.3) is 5.91 Å². The van der Waals surface area contributed by atoms with Crippen molar-refractivity contribution in [3.8, 4) is 11.5 Å². The molecule has 0 radical (unpaired) electrons. The van der Waals surface area contributed by atoms with Gasteiger partial charge in [0.2, 0.25) is 0 Å². The van der Waals surface area contributed by atoms with E-state index in [1.165, 1.54) is 0 Å². The monoisotopic (exact) mass is 287 g/mol. The molecular formula is C15H17N3O3. The number of methoxy groups -OCH3 is 1. The molecule has 1 aromatic carbocycles. The molecular weight excluding hydrogens is 270 g/mol. The Kier molecular flexibility index (Phi) is 4.98. The summed E-state index contributed by atoms with van der Waals surface area (Å²) >= 11 is 0. The summed E-state index contributed by atoms with van der Waals surface area (Å²) in [6.07, 6.45) is 4.11. The van der Waals surface area contributed by atoms with Gasteiger partial charge in [-0.05, 0) is 24.1 Å². The van der Waals surface area contributed by atoms with Crippen molar-refractivity contribution in [1.82, 2.24) is 10.2 Å². The van der Waals surface area contributed by atoms with Gasteiger partial charge >= 0.3 is 0 Å². The van der Waals surface area contributed by atoms with Crippen LogP contribution in [0, 0.1) is 0 Å². The first-order valence-electron chi connectivity index (χ1n) is 6.42. The second kappa shape index (κ2) is 7.14. The standard InChI is InChI=1S/C15H17N3O3/c1-3-4-11-5-6-12(13(9-11)20-2)21-10-15(19)17-14-7-8-16-18-14/h3,5-9H,1,4,10H2,2H3,(H2,16,17,18,19). The summed E-state index contributed by atoms with van der Waals surface area (Å²) in [6, 6.07) is 7.21. The zero-order valence-corrected chi connectivity index (χ0v) is 11.8. The third kappa shape index (κ3) is 4.10. The molecule has 0 aliphatic rings. The molecule has 0 fully saturated rings. The van der Waals surface area contributed by atoms with E-state index in [0.717, 1.165) is 12.0 Å². The van der Waals surface area contributed by atoms with Crippen molar-refractivity contribution in [2.24, 2.45) is 0 Å². The lowest BCUT2D eigenvalue weighted by molar-refractivity contribution is -0.118. The summed E-state index contributed by atoms with van der Waals surface area (Å²) in [5.41, 5.74) is 1.07. The molecule has 0 atom stereocenters. The number of carbonyl (C=O) groups is 1. The number of benzene rings is 1. The summed E-state index contributed by atoms with van der Waals surface area (Å²) in [5.74, 6) is 1.35. The number of hydrogen-bond donors (Lipinski definition) is 2. The van der Waals surface area contributed by atoms with E-state index in [0.29, 0.717) is 17.3 Å². The molecule has 2 aromatic rings. The Morgan fingerprint density at radius 3 is 2.95 bits per heavy atom. The average Bonchev–Trinajstić information content (AvgIpc) is 2.99. The van der Waals surface area contributed by atoms with Crippen LogP contribution in [0.2, 0.25) is 0 Å². The van der Waals surface area contributed by atoms with Crippen molar-refractivity contribution in [3.63, 3.8) is 0 Å². The molecule has 1 heterocycles. The van der Waals surface area contributed by atoms with E-state index in [-0.39, 0.29) is 12.5 Å². The van der Waals surface area contributed by atoms with Crippen LogP contribution in [-0.4, -0.2) is 29.8 Å². The van der Waals surface area contributed by atoms with Crippen LogP contribution < -0.4 is 14.8 Å². The maximum atomic E-state index is 11.7. The third-order valence-corrected chi connectivity index (χ3v) is 2.74. The Bertz CT molecular complexity index is 609. The SMILES string of the molecule is C=CCc1ccc(OCC(=O)Nc2ccn[nH]2)c(OC)c1. The number of nitrogens with one attached hydrogen (secondary N) is 2. The first-order valence-corrected chi connectivity index (χ1v) is 6.42. The van der Waals surface area contributed by atoms with Gasteiger partial charge in [0.05, 0.1) is 13.3 Å². The minimum atomic E-state index is -0.281. The molecule has 0 aliphatic carbocycles. The molecule has 110 valence electrons. The molecule has 6 nitrogen and oxygen atoms in total. The lowest BCUT2D eigenvalue weighted by Crippen LogP contribution is -2.20. The van der Waals surface area contributed by atoms with Crippen LogP contribution in [0.3, 0.4) is 0 Å². The van der Waals surface area contributed by atoms with Crippen molar-refractivity contribution in [1.29, 1.82) is 0 Å². The highest BCUT2D eigenvalue weighted by Gasteiger charge is 2.09. The molecule has 0 unspecified atom stereocenters. The summed E-state index contributed by atoms with van der Waals surface area (Å²) < 4.78 is 10.7. The summed E-state index contributed by atoms with van der Waals surface area (Å²) in [7, 11) is 1.56. The normalized spacial score (nSPS) is 9.95. The second-order valence-corrected chi connectivity index (χ2v) is 4.29. The van der Waals surface area contributed by atoms with Crippen LogP contribution in [-0.2, 0) is 11.2 Å². The molecule has 21 heavy (non-hydrogen) atoms. The maximum Gasteiger partial charge on any atom is 0.263 e. The number of aromatic amines is 1. The Hall–Kier alpha value is -2.76. The fraction of sp³-hybridized carbons (Fsp3) is 0.200. The fourth-order valence-corrected chi connectivity index (χ4v) is 1.78. The Balaban J connectivity index is 1.95. The highest BCUT2D eigenvalue weighted by molar-refractivity contribution is 5.90. The smallest absolute Gasteiger partial charge is 0.263 e. The maximum absolute atomic E-state index is 11.7. The third-order valence-electron chi connectivity index (χ3n) is 2.74. The van der Waals surface area contributed by atoms with Crippen LogP contribution in [0.4, 0.5) is 5.82 Å². The number of aromatic nitrogens is 2. The molecule has 0 bridgehead atoms. The van der Waals surface area contributed by atoms with Crippen LogP contribution in [0.5, 0.6) is 11.5 Å². The van der Waals surface area contributed by atoms with Gasteiger partial charge in [-0.2, -0.15) is 5.10 Å². The molecule has 2 N–H and O–H groups in total. The van der Waals surface area contributed by atoms with Crippen LogP contribution in [0.1, 0.15) is 5.56 Å². The highest BCUT2D eigenvalue weighted by atomic mass is 16.5. The largest absolute Gasteiger partial charge is 0.493 e. The predicted molar refractivity (Wildman–Crippen MR) is 79.6 cm³/mol. The number of carbonyl (C=O) groups excluding carboxylic acids is 1. The van der Waals surface area contributed by atoms with Crippen LogP contribution in [0.25, 0.3) is 0 Å². The van der Waals surface area contributed by atoms with E-state index in [1.807, 2.05) is 18.2 Å². The number of hydrogen-bond acceptors (Lipinski definition) is 4. The van der Waals surface area contributed by atoms with Gasteiger partial charge in [0.15, 0.2) is 18.1 Å². The number of rotatable bonds is 7. The minimum absolute atomic E-state index is 0.115. The van der Waals surface area contributed by atoms with Gasteiger partial charge in [0, 0.05) is 6.07 Å². The molecule has 0 saturated heterocycles. The molecule has 2 rings (SSSR count). The molecule has 0 spiro atoms. The first-order chi connectivity index (χ1) is 10.2. The highest BCUT2D eigenvalue weighted by Crippen LogP contribution is 2.28. The van der Waals surface area contributed by atoms with Gasteiger partial charge in [-0.1, -0.05) is 12.1 Å². The molecule has 6 heteroatoms. The van der Waals surface area contributed by atoms with E-state index in [1.54, 1.807) is 25.4 Å². The Morgan fingerprint density at radius 2 is 2.29 bits per heavy atom. The van der Waals surface area contributed by atoms with E-state index in [4.69, 9.17) is 9.47 Å². The topological polar surface area (TPSA) is 76.2 Å². The van der Waals surface area contributed by atoms with Crippen molar-refractivity contribution in [2.45, 2.75) is 6.42 Å². The number of allylic oxidation sites excluding steroid dienone is 1. The molecule has 1 aromatic heterocycles. The first kappa shape index (κ1) is 14.6. The van der Waals surface area contributed by atoms with Gasteiger partial charge in [0.1, 0.15) is 5.82 Å². The van der Waals surface area contributed by atoms with Gasteiger partial charge in [-0.3, -0.25) is 9.89 Å². The van der Waals surface area contributed by atoms with Crippen molar-refractivity contribution in [3.05, 3.63) is 48.7 Å². The zero-order valence-electron chi connectivity index (χ0n) is 11.8. The number of ether oxygens (including phenoxy) is 2. The second-order valence-electron chi connectivity index (χ2n) is 4.29. The van der Waals surface area contributed by atoms with Gasteiger partial charge in [-0.15, -0.1) is 6.58 Å². The number of amides is 1. The summed E-state index contributed by atoms with van der Waals surface area (Å²) in [5, 5.41) is 9.00. The molecule has 0 saturated carbocycles. The fourth-order valence-electron chi connectivity index (χ4n) is 1.78. The number of nitrogens with zero attached hydrogens (tertiary/aromatic N) is 1. The van der Waals surface area contributed by atoms with E-state index in [9.17, 15) is 4.79 Å². The zero-order chi connectivity index (χ0) is 15.1. The minimum Gasteiger partial charge on any atom is -0.493 e. The number of anilines is 1. The molecule has 1 amide bonds. The molecule has 0 aliphatic heterocycles. The van der Waals surface area contributed by atoms with Crippen molar-refractivity contribution >= 4 is 11.7 Å². The van der Waals surface area contributed by atoms with Crippen molar-refractivity contribution < 1.29 is 14.3 Å². The lowest BCUT2D eigenvalue weighted by Gasteiger charge is -2.11. The van der Waals surface area contributed by atoms with Gasteiger partial charge < -0.3 is 14.8 Å². The summed E-state index contributed by atoms with van der Waals surface area (Å²) in [4.78, 5) is 11.7. The van der Waals surface area contributed by atoms with E-state index in [2.05, 4.69) is 22.1 Å².